The van der Waals surface area contributed by atoms with Crippen LogP contribution in [0.4, 0.5) is 0 Å². The van der Waals surface area contributed by atoms with Gasteiger partial charge in [-0.25, -0.2) is 9.78 Å². The molecule has 2 heterocycles. The molecule has 0 fully saturated rings. The van der Waals surface area contributed by atoms with Crippen LogP contribution in [0.15, 0.2) is 41.8 Å². The first-order chi connectivity index (χ1) is 13.5. The lowest BCUT2D eigenvalue weighted by molar-refractivity contribution is -0.124. The second kappa shape index (κ2) is 8.99. The lowest BCUT2D eigenvalue weighted by atomic mass is 10.2. The van der Waals surface area contributed by atoms with Crippen molar-refractivity contribution in [1.29, 1.82) is 0 Å². The second-order valence-corrected chi connectivity index (χ2v) is 8.02. The number of carbonyl (C=O) groups excluding carboxylic acids is 2. The van der Waals surface area contributed by atoms with Gasteiger partial charge in [-0.05, 0) is 49.6 Å². The standard InChI is InChI=1S/C20H20N2O4S2/c1-12(16-5-4-10-27-16)21-17(23)11-26-20(24)18-13(2)22-19(28-18)14-6-8-15(25-3)9-7-14/h4-10,12H,11H2,1-3H3,(H,21,23)/t12-/m1/s1. The van der Waals surface area contributed by atoms with E-state index in [1.54, 1.807) is 25.4 Å². The number of thiophene rings is 1. The number of benzene rings is 1. The molecule has 8 heteroatoms. The van der Waals surface area contributed by atoms with Crippen molar-refractivity contribution < 1.29 is 19.1 Å². The van der Waals surface area contributed by atoms with Crippen LogP contribution in [0.1, 0.15) is 33.2 Å². The Morgan fingerprint density at radius 2 is 1.96 bits per heavy atom. The number of methoxy groups -OCH3 is 1. The van der Waals surface area contributed by atoms with Crippen LogP contribution in [-0.2, 0) is 9.53 Å². The summed E-state index contributed by atoms with van der Waals surface area (Å²) in [5.74, 6) is -0.139. The third-order valence-electron chi connectivity index (χ3n) is 4.00. The number of esters is 1. The SMILES string of the molecule is COc1ccc(-c2nc(C)c(C(=O)OCC(=O)N[C@H](C)c3cccs3)s2)cc1. The zero-order valence-electron chi connectivity index (χ0n) is 15.7. The maximum Gasteiger partial charge on any atom is 0.350 e. The maximum atomic E-state index is 12.4. The van der Waals surface area contributed by atoms with E-state index >= 15 is 0 Å². The van der Waals surface area contributed by atoms with Gasteiger partial charge in [0.2, 0.25) is 0 Å². The molecule has 0 saturated heterocycles. The van der Waals surface area contributed by atoms with Crippen molar-refractivity contribution in [3.8, 4) is 16.3 Å². The summed E-state index contributed by atoms with van der Waals surface area (Å²) in [7, 11) is 1.61. The van der Waals surface area contributed by atoms with Crippen molar-refractivity contribution in [3.05, 3.63) is 57.2 Å². The largest absolute Gasteiger partial charge is 0.497 e. The molecule has 1 amide bonds. The third-order valence-corrected chi connectivity index (χ3v) is 6.24. The van der Waals surface area contributed by atoms with Crippen LogP contribution in [0.2, 0.25) is 0 Å². The minimum atomic E-state index is -0.548. The summed E-state index contributed by atoms with van der Waals surface area (Å²) in [5.41, 5.74) is 1.46. The predicted molar refractivity (Wildman–Crippen MR) is 110 cm³/mol. The first kappa shape index (κ1) is 20.0. The molecule has 0 aliphatic heterocycles. The Balaban J connectivity index is 1.59. The van der Waals surface area contributed by atoms with Crippen LogP contribution < -0.4 is 10.1 Å². The van der Waals surface area contributed by atoms with E-state index < -0.39 is 5.97 Å². The number of amides is 1. The molecule has 0 saturated carbocycles. The third kappa shape index (κ3) is 4.76. The predicted octanol–water partition coefficient (Wildman–Crippen LogP) is 4.22. The molecule has 146 valence electrons. The second-order valence-electron chi connectivity index (χ2n) is 6.04. The molecule has 1 atom stereocenters. The lowest BCUT2D eigenvalue weighted by Gasteiger charge is -2.12. The molecule has 2 aromatic heterocycles. The van der Waals surface area contributed by atoms with Gasteiger partial charge >= 0.3 is 5.97 Å². The number of ether oxygens (including phenoxy) is 2. The fourth-order valence-corrected chi connectivity index (χ4v) is 4.23. The topological polar surface area (TPSA) is 77.5 Å². The van der Waals surface area contributed by atoms with Crippen LogP contribution in [0, 0.1) is 6.92 Å². The van der Waals surface area contributed by atoms with Crippen LogP contribution in [-0.4, -0.2) is 30.6 Å². The normalized spacial score (nSPS) is 11.7. The quantitative estimate of drug-likeness (QED) is 0.584. The summed E-state index contributed by atoms with van der Waals surface area (Å²) >= 11 is 2.80. The van der Waals surface area contributed by atoms with Gasteiger partial charge in [0.1, 0.15) is 15.6 Å². The van der Waals surface area contributed by atoms with Crippen molar-refractivity contribution in [2.75, 3.05) is 13.7 Å². The number of hydrogen-bond acceptors (Lipinski definition) is 7. The highest BCUT2D eigenvalue weighted by atomic mass is 32.1. The minimum absolute atomic E-state index is 0.127. The van der Waals surface area contributed by atoms with Crippen LogP contribution >= 0.6 is 22.7 Å². The molecule has 1 aromatic carbocycles. The van der Waals surface area contributed by atoms with Gasteiger partial charge < -0.3 is 14.8 Å². The van der Waals surface area contributed by atoms with E-state index in [2.05, 4.69) is 10.3 Å². The zero-order chi connectivity index (χ0) is 20.1. The number of nitrogens with zero attached hydrogens (tertiary/aromatic N) is 1. The van der Waals surface area contributed by atoms with Gasteiger partial charge in [0.05, 0.1) is 18.8 Å². The summed E-state index contributed by atoms with van der Waals surface area (Å²) in [6.45, 7) is 3.31. The Morgan fingerprint density at radius 3 is 2.61 bits per heavy atom. The Bertz CT molecular complexity index is 949. The van der Waals surface area contributed by atoms with Gasteiger partial charge in [-0.3, -0.25) is 4.79 Å². The van der Waals surface area contributed by atoms with Crippen molar-refractivity contribution in [3.63, 3.8) is 0 Å². The molecule has 3 rings (SSSR count). The molecule has 0 spiro atoms. The van der Waals surface area contributed by atoms with Gasteiger partial charge in [-0.1, -0.05) is 6.07 Å². The summed E-state index contributed by atoms with van der Waals surface area (Å²) in [6.07, 6.45) is 0. The number of aromatic nitrogens is 1. The van der Waals surface area contributed by atoms with E-state index in [1.807, 2.05) is 48.7 Å². The first-order valence-corrected chi connectivity index (χ1v) is 10.3. The van der Waals surface area contributed by atoms with Crippen molar-refractivity contribution in [2.24, 2.45) is 0 Å². The molecule has 1 N–H and O–H groups in total. The Labute approximate surface area is 171 Å². The summed E-state index contributed by atoms with van der Waals surface area (Å²) in [6, 6.07) is 11.2. The minimum Gasteiger partial charge on any atom is -0.497 e. The highest BCUT2D eigenvalue weighted by Crippen LogP contribution is 2.29. The van der Waals surface area contributed by atoms with Gasteiger partial charge in [0.15, 0.2) is 6.61 Å². The van der Waals surface area contributed by atoms with E-state index in [0.717, 1.165) is 16.2 Å². The molecule has 0 radical (unpaired) electrons. The Hall–Kier alpha value is -2.71. The van der Waals surface area contributed by atoms with E-state index in [9.17, 15) is 9.59 Å². The smallest absolute Gasteiger partial charge is 0.350 e. The number of aryl methyl sites for hydroxylation is 1. The van der Waals surface area contributed by atoms with E-state index in [4.69, 9.17) is 9.47 Å². The number of rotatable bonds is 7. The molecule has 0 aliphatic carbocycles. The molecule has 3 aromatic rings. The molecule has 0 unspecified atom stereocenters. The van der Waals surface area contributed by atoms with Crippen molar-refractivity contribution in [1.82, 2.24) is 10.3 Å². The number of carbonyl (C=O) groups is 2. The highest BCUT2D eigenvalue weighted by molar-refractivity contribution is 7.17. The average molecular weight is 417 g/mol. The van der Waals surface area contributed by atoms with Gasteiger partial charge in [0, 0.05) is 10.4 Å². The summed E-state index contributed by atoms with van der Waals surface area (Å²) < 4.78 is 10.3. The van der Waals surface area contributed by atoms with Crippen LogP contribution in [0.25, 0.3) is 10.6 Å². The fraction of sp³-hybridized carbons (Fsp3) is 0.250. The molecule has 0 aliphatic rings. The van der Waals surface area contributed by atoms with Gasteiger partial charge in [-0.2, -0.15) is 0 Å². The van der Waals surface area contributed by atoms with E-state index in [-0.39, 0.29) is 18.6 Å². The van der Waals surface area contributed by atoms with Crippen LogP contribution in [0.5, 0.6) is 5.75 Å². The molecule has 6 nitrogen and oxygen atoms in total. The number of thiazole rings is 1. The summed E-state index contributed by atoms with van der Waals surface area (Å²) in [4.78, 5) is 30.3. The van der Waals surface area contributed by atoms with Crippen LogP contribution in [0.3, 0.4) is 0 Å². The average Bonchev–Trinajstić information content (AvgIpc) is 3.36. The summed E-state index contributed by atoms with van der Waals surface area (Å²) in [5, 5.41) is 5.48. The highest BCUT2D eigenvalue weighted by Gasteiger charge is 2.19. The first-order valence-electron chi connectivity index (χ1n) is 8.59. The molecule has 28 heavy (non-hydrogen) atoms. The maximum absolute atomic E-state index is 12.4. The molecular weight excluding hydrogens is 396 g/mol. The molecule has 0 bridgehead atoms. The fourth-order valence-electron chi connectivity index (χ4n) is 2.53. The van der Waals surface area contributed by atoms with Crippen molar-refractivity contribution in [2.45, 2.75) is 19.9 Å². The van der Waals surface area contributed by atoms with E-state index in [0.29, 0.717) is 15.6 Å². The lowest BCUT2D eigenvalue weighted by Crippen LogP contribution is -2.30. The van der Waals surface area contributed by atoms with Gasteiger partial charge in [-0.15, -0.1) is 22.7 Å². The van der Waals surface area contributed by atoms with Crippen molar-refractivity contribution >= 4 is 34.6 Å². The molecular formula is C20H20N2O4S2. The van der Waals surface area contributed by atoms with E-state index in [1.165, 1.54) is 11.3 Å². The Kier molecular flexibility index (Phi) is 6.43. The monoisotopic (exact) mass is 416 g/mol. The van der Waals surface area contributed by atoms with Gasteiger partial charge in [0.25, 0.3) is 5.91 Å². The number of nitrogens with one attached hydrogen (secondary N) is 1. The Morgan fingerprint density at radius 1 is 1.21 bits per heavy atom. The zero-order valence-corrected chi connectivity index (χ0v) is 17.4. The number of hydrogen-bond donors (Lipinski definition) is 1.